The lowest BCUT2D eigenvalue weighted by atomic mass is 10.2. The number of hydrogen-bond donors (Lipinski definition) is 1. The van der Waals surface area contributed by atoms with Gasteiger partial charge in [0.05, 0.1) is 0 Å². The van der Waals surface area contributed by atoms with Crippen LogP contribution in [0.25, 0.3) is 0 Å². The van der Waals surface area contributed by atoms with Gasteiger partial charge >= 0.3 is 0 Å². The lowest BCUT2D eigenvalue weighted by molar-refractivity contribution is 0.173. The maximum atomic E-state index is 5.74. The average Bonchev–Trinajstić information content (AvgIpc) is 2.93. The van der Waals surface area contributed by atoms with Crippen LogP contribution in [0.1, 0.15) is 11.1 Å². The van der Waals surface area contributed by atoms with E-state index in [9.17, 15) is 0 Å². The van der Waals surface area contributed by atoms with Gasteiger partial charge in [0.2, 0.25) is 6.79 Å². The standard InChI is InChI=1S/C15H14O3S/c19-9-12-3-1-11(2-4-12)8-16-13-5-6-14-15(7-13)18-10-17-14/h1-7,19H,8-10H2. The van der Waals surface area contributed by atoms with E-state index in [-0.39, 0.29) is 6.79 Å². The topological polar surface area (TPSA) is 27.7 Å². The highest BCUT2D eigenvalue weighted by Gasteiger charge is 2.13. The zero-order chi connectivity index (χ0) is 13.1. The molecule has 1 aliphatic heterocycles. The van der Waals surface area contributed by atoms with Crippen molar-refractivity contribution in [2.24, 2.45) is 0 Å². The summed E-state index contributed by atoms with van der Waals surface area (Å²) in [5.41, 5.74) is 2.33. The van der Waals surface area contributed by atoms with Crippen molar-refractivity contribution in [3.8, 4) is 17.2 Å². The molecule has 19 heavy (non-hydrogen) atoms. The first-order chi connectivity index (χ1) is 9.35. The molecule has 0 saturated heterocycles. The Bertz CT molecular complexity index is 566. The molecule has 0 saturated carbocycles. The van der Waals surface area contributed by atoms with Gasteiger partial charge in [0.15, 0.2) is 11.5 Å². The number of fused-ring (bicyclic) bond motifs is 1. The van der Waals surface area contributed by atoms with Gasteiger partial charge in [-0.05, 0) is 23.3 Å². The Morgan fingerprint density at radius 2 is 1.68 bits per heavy atom. The van der Waals surface area contributed by atoms with E-state index in [2.05, 4.69) is 36.9 Å². The summed E-state index contributed by atoms with van der Waals surface area (Å²) in [6.07, 6.45) is 0. The normalized spacial score (nSPS) is 12.5. The van der Waals surface area contributed by atoms with Crippen molar-refractivity contribution in [2.45, 2.75) is 12.4 Å². The SMILES string of the molecule is SCc1ccc(COc2ccc3c(c2)OCO3)cc1. The summed E-state index contributed by atoms with van der Waals surface area (Å²) in [7, 11) is 0. The van der Waals surface area contributed by atoms with Gasteiger partial charge in [-0.15, -0.1) is 0 Å². The number of rotatable bonds is 4. The monoisotopic (exact) mass is 274 g/mol. The molecule has 0 spiro atoms. The van der Waals surface area contributed by atoms with E-state index in [1.54, 1.807) is 0 Å². The van der Waals surface area contributed by atoms with Gasteiger partial charge in [-0.2, -0.15) is 12.6 Å². The Hall–Kier alpha value is -1.81. The Morgan fingerprint density at radius 3 is 2.47 bits per heavy atom. The third-order valence-corrected chi connectivity index (χ3v) is 3.32. The van der Waals surface area contributed by atoms with Gasteiger partial charge in [0.1, 0.15) is 12.4 Å². The second kappa shape index (κ2) is 5.45. The fourth-order valence-corrected chi connectivity index (χ4v) is 2.09. The van der Waals surface area contributed by atoms with Gasteiger partial charge in [0.25, 0.3) is 0 Å². The van der Waals surface area contributed by atoms with Crippen molar-refractivity contribution < 1.29 is 14.2 Å². The summed E-state index contributed by atoms with van der Waals surface area (Å²) >= 11 is 4.23. The predicted octanol–water partition coefficient (Wildman–Crippen LogP) is 3.42. The predicted molar refractivity (Wildman–Crippen MR) is 76.0 cm³/mol. The number of benzene rings is 2. The molecule has 98 valence electrons. The first-order valence-electron chi connectivity index (χ1n) is 6.06. The molecular weight excluding hydrogens is 260 g/mol. The van der Waals surface area contributed by atoms with Crippen LogP contribution in [-0.2, 0) is 12.4 Å². The lowest BCUT2D eigenvalue weighted by Gasteiger charge is -2.07. The van der Waals surface area contributed by atoms with Crippen LogP contribution >= 0.6 is 12.6 Å². The maximum absolute atomic E-state index is 5.74. The molecule has 2 aromatic carbocycles. The van der Waals surface area contributed by atoms with E-state index in [1.165, 1.54) is 5.56 Å². The van der Waals surface area contributed by atoms with Crippen LogP contribution < -0.4 is 14.2 Å². The molecule has 0 bridgehead atoms. The van der Waals surface area contributed by atoms with Gasteiger partial charge in [-0.1, -0.05) is 24.3 Å². The van der Waals surface area contributed by atoms with Gasteiger partial charge in [-0.3, -0.25) is 0 Å². The fourth-order valence-electron chi connectivity index (χ4n) is 1.87. The molecule has 1 aliphatic rings. The van der Waals surface area contributed by atoms with Crippen LogP contribution in [0.3, 0.4) is 0 Å². The molecule has 0 radical (unpaired) electrons. The molecule has 3 nitrogen and oxygen atoms in total. The first-order valence-corrected chi connectivity index (χ1v) is 6.69. The van der Waals surface area contributed by atoms with Crippen LogP contribution in [-0.4, -0.2) is 6.79 Å². The summed E-state index contributed by atoms with van der Waals surface area (Å²) in [6, 6.07) is 13.8. The van der Waals surface area contributed by atoms with Crippen molar-refractivity contribution in [1.82, 2.24) is 0 Å². The Labute approximate surface area is 117 Å². The Kier molecular flexibility index (Phi) is 3.51. The molecule has 0 atom stereocenters. The molecule has 2 aromatic rings. The second-order valence-corrected chi connectivity index (χ2v) is 4.59. The fraction of sp³-hybridized carbons (Fsp3) is 0.200. The third kappa shape index (κ3) is 2.79. The highest BCUT2D eigenvalue weighted by Crippen LogP contribution is 2.35. The third-order valence-electron chi connectivity index (χ3n) is 2.96. The molecule has 0 N–H and O–H groups in total. The zero-order valence-electron chi connectivity index (χ0n) is 10.3. The second-order valence-electron chi connectivity index (χ2n) is 4.28. The Morgan fingerprint density at radius 1 is 0.947 bits per heavy atom. The van der Waals surface area contributed by atoms with E-state index >= 15 is 0 Å². The molecule has 0 fully saturated rings. The quantitative estimate of drug-likeness (QED) is 0.866. The van der Waals surface area contributed by atoms with E-state index in [0.29, 0.717) is 6.61 Å². The van der Waals surface area contributed by atoms with Crippen molar-refractivity contribution in [2.75, 3.05) is 6.79 Å². The molecule has 0 aliphatic carbocycles. The smallest absolute Gasteiger partial charge is 0.231 e. The number of thiol groups is 1. The van der Waals surface area contributed by atoms with Crippen LogP contribution in [0.5, 0.6) is 17.2 Å². The summed E-state index contributed by atoms with van der Waals surface area (Å²) < 4.78 is 16.3. The van der Waals surface area contributed by atoms with Crippen molar-refractivity contribution in [3.05, 3.63) is 53.6 Å². The number of ether oxygens (including phenoxy) is 3. The van der Waals surface area contributed by atoms with Crippen LogP contribution in [0, 0.1) is 0 Å². The van der Waals surface area contributed by atoms with E-state index in [0.717, 1.165) is 28.6 Å². The minimum absolute atomic E-state index is 0.282. The minimum Gasteiger partial charge on any atom is -0.489 e. The van der Waals surface area contributed by atoms with E-state index in [1.807, 2.05) is 18.2 Å². The zero-order valence-corrected chi connectivity index (χ0v) is 11.2. The van der Waals surface area contributed by atoms with Gasteiger partial charge < -0.3 is 14.2 Å². The summed E-state index contributed by atoms with van der Waals surface area (Å²) in [6.45, 7) is 0.816. The molecule has 0 amide bonds. The minimum atomic E-state index is 0.282. The van der Waals surface area contributed by atoms with E-state index < -0.39 is 0 Å². The molecule has 0 unspecified atom stereocenters. The van der Waals surface area contributed by atoms with Crippen LogP contribution in [0.4, 0.5) is 0 Å². The molecule has 4 heteroatoms. The largest absolute Gasteiger partial charge is 0.489 e. The van der Waals surface area contributed by atoms with Crippen molar-refractivity contribution in [3.63, 3.8) is 0 Å². The first kappa shape index (κ1) is 12.2. The van der Waals surface area contributed by atoms with Gasteiger partial charge in [0, 0.05) is 11.8 Å². The molecule has 1 heterocycles. The maximum Gasteiger partial charge on any atom is 0.231 e. The van der Waals surface area contributed by atoms with E-state index in [4.69, 9.17) is 14.2 Å². The summed E-state index contributed by atoms with van der Waals surface area (Å²) in [5, 5.41) is 0. The summed E-state index contributed by atoms with van der Waals surface area (Å²) in [5.74, 6) is 3.04. The lowest BCUT2D eigenvalue weighted by Crippen LogP contribution is -1.95. The van der Waals surface area contributed by atoms with Crippen molar-refractivity contribution in [1.29, 1.82) is 0 Å². The van der Waals surface area contributed by atoms with Crippen molar-refractivity contribution >= 4 is 12.6 Å². The highest BCUT2D eigenvalue weighted by molar-refractivity contribution is 7.79. The van der Waals surface area contributed by atoms with Crippen LogP contribution in [0.15, 0.2) is 42.5 Å². The van der Waals surface area contributed by atoms with Crippen LogP contribution in [0.2, 0.25) is 0 Å². The average molecular weight is 274 g/mol. The Balaban J connectivity index is 1.65. The molecule has 3 rings (SSSR count). The summed E-state index contributed by atoms with van der Waals surface area (Å²) in [4.78, 5) is 0. The number of hydrogen-bond acceptors (Lipinski definition) is 4. The van der Waals surface area contributed by atoms with Gasteiger partial charge in [-0.25, -0.2) is 0 Å². The molecule has 0 aromatic heterocycles. The molecular formula is C15H14O3S. The highest BCUT2D eigenvalue weighted by atomic mass is 32.1.